The number of H-pyrrole nitrogens is 1. The van der Waals surface area contributed by atoms with Crippen molar-refractivity contribution in [2.45, 2.75) is 24.6 Å². The smallest absolute Gasteiger partial charge is 0.290 e. The lowest BCUT2D eigenvalue weighted by atomic mass is 10.1. The van der Waals surface area contributed by atoms with Gasteiger partial charge in [0.2, 0.25) is 0 Å². The normalized spacial score (nSPS) is 14.7. The molecule has 0 amide bonds. The van der Waals surface area contributed by atoms with Gasteiger partial charge in [-0.25, -0.2) is 4.79 Å². The van der Waals surface area contributed by atoms with Crippen LogP contribution in [0.3, 0.4) is 0 Å². The van der Waals surface area contributed by atoms with Gasteiger partial charge in [0, 0.05) is 30.3 Å². The highest BCUT2D eigenvalue weighted by Crippen LogP contribution is 2.20. The fraction of sp³-hybridized carbons (Fsp3) is 0.545. The van der Waals surface area contributed by atoms with E-state index in [0.29, 0.717) is 29.8 Å². The molecule has 0 saturated heterocycles. The van der Waals surface area contributed by atoms with Crippen molar-refractivity contribution in [3.63, 3.8) is 0 Å². The molecule has 2 aromatic rings. The summed E-state index contributed by atoms with van der Waals surface area (Å²) in [6, 6.07) is 0. The number of hydrogen-bond donors (Lipinski definition) is 3. The van der Waals surface area contributed by atoms with Crippen LogP contribution in [-0.4, -0.2) is 29.8 Å². The molecule has 0 bridgehead atoms. The average molecular weight is 300 g/mol. The van der Waals surface area contributed by atoms with Gasteiger partial charge in [-0.2, -0.15) is 30.4 Å². The third kappa shape index (κ3) is 2.89. The van der Waals surface area contributed by atoms with E-state index in [0.717, 1.165) is 0 Å². The van der Waals surface area contributed by atoms with Gasteiger partial charge < -0.3 is 0 Å². The number of thiol groups is 2. The maximum Gasteiger partial charge on any atom is 0.330 e. The lowest BCUT2D eigenvalue weighted by Crippen LogP contribution is -2.37. The third-order valence-electron chi connectivity index (χ3n) is 2.99. The minimum atomic E-state index is -0.445. The average Bonchev–Trinajstić information content (AvgIpc) is 2.69. The molecule has 0 aliphatic carbocycles. The standard InChI is InChI=1S/C11H16N4O2S2/c1-11(19,6-18)3-4-15-9(16)7-5-14(2)13-8(7)12-10(15)17/h5,18-19H,3-4,6H2,1-2H3,(H,12,13,17). The maximum absolute atomic E-state index is 12.2. The molecule has 0 aromatic carbocycles. The number of nitrogens with one attached hydrogen (secondary N) is 1. The second-order valence-electron chi connectivity index (χ2n) is 4.86. The molecule has 0 aliphatic rings. The van der Waals surface area contributed by atoms with Crippen molar-refractivity contribution in [2.24, 2.45) is 7.05 Å². The van der Waals surface area contributed by atoms with Gasteiger partial charge in [0.15, 0.2) is 5.65 Å². The largest absolute Gasteiger partial charge is 0.330 e. The lowest BCUT2D eigenvalue weighted by Gasteiger charge is -2.20. The fourth-order valence-electron chi connectivity index (χ4n) is 1.78. The quantitative estimate of drug-likeness (QED) is 0.717. The Morgan fingerprint density at radius 2 is 2.16 bits per heavy atom. The van der Waals surface area contributed by atoms with Crippen LogP contribution in [0.1, 0.15) is 13.3 Å². The Hall–Kier alpha value is -1.15. The number of nitrogens with zero attached hydrogens (tertiary/aromatic N) is 3. The zero-order valence-electron chi connectivity index (χ0n) is 10.8. The van der Waals surface area contributed by atoms with Gasteiger partial charge in [-0.05, 0) is 13.3 Å². The molecular weight excluding hydrogens is 284 g/mol. The number of rotatable bonds is 4. The Kier molecular flexibility index (Phi) is 3.82. The van der Waals surface area contributed by atoms with Gasteiger partial charge >= 0.3 is 5.69 Å². The molecule has 0 spiro atoms. The fourth-order valence-corrected chi connectivity index (χ4v) is 2.04. The summed E-state index contributed by atoms with van der Waals surface area (Å²) in [7, 11) is 1.70. The van der Waals surface area contributed by atoms with Crippen LogP contribution in [0.5, 0.6) is 0 Å². The second-order valence-corrected chi connectivity index (χ2v) is 6.25. The van der Waals surface area contributed by atoms with Gasteiger partial charge in [0.05, 0.1) is 0 Å². The van der Waals surface area contributed by atoms with Crippen molar-refractivity contribution in [2.75, 3.05) is 5.75 Å². The van der Waals surface area contributed by atoms with E-state index in [4.69, 9.17) is 0 Å². The lowest BCUT2D eigenvalue weighted by molar-refractivity contribution is 0.535. The zero-order valence-corrected chi connectivity index (χ0v) is 12.5. The van der Waals surface area contributed by atoms with E-state index >= 15 is 0 Å². The molecule has 6 nitrogen and oxygen atoms in total. The molecule has 8 heteroatoms. The maximum atomic E-state index is 12.2. The molecule has 0 saturated carbocycles. The van der Waals surface area contributed by atoms with Crippen LogP contribution < -0.4 is 11.2 Å². The van der Waals surface area contributed by atoms with E-state index in [1.807, 2.05) is 6.92 Å². The number of aromatic nitrogens is 4. The minimum absolute atomic E-state index is 0.305. The van der Waals surface area contributed by atoms with Crippen LogP contribution >= 0.6 is 25.3 Å². The number of aryl methyl sites for hydroxylation is 1. The summed E-state index contributed by atoms with van der Waals surface area (Å²) in [6.45, 7) is 2.23. The van der Waals surface area contributed by atoms with E-state index < -0.39 is 5.69 Å². The highest BCUT2D eigenvalue weighted by molar-refractivity contribution is 7.85. The first-order chi connectivity index (χ1) is 8.84. The van der Waals surface area contributed by atoms with Crippen molar-refractivity contribution in [3.8, 4) is 0 Å². The zero-order chi connectivity index (χ0) is 14.2. The molecule has 1 unspecified atom stereocenters. The SMILES string of the molecule is Cn1cc2c(=O)n(CCC(C)(S)CS)c(=O)[nH]c2n1. The van der Waals surface area contributed by atoms with Gasteiger partial charge in [0.1, 0.15) is 5.39 Å². The summed E-state index contributed by atoms with van der Waals surface area (Å²) in [5, 5.41) is 4.43. The van der Waals surface area contributed by atoms with Crippen LogP contribution in [0.25, 0.3) is 11.0 Å². The Labute approximate surface area is 120 Å². The monoisotopic (exact) mass is 300 g/mol. The molecule has 2 aromatic heterocycles. The molecule has 1 N–H and O–H groups in total. The summed E-state index contributed by atoms with van der Waals surface area (Å²) >= 11 is 8.64. The van der Waals surface area contributed by atoms with Crippen LogP contribution in [-0.2, 0) is 13.6 Å². The van der Waals surface area contributed by atoms with Crippen molar-refractivity contribution in [3.05, 3.63) is 27.0 Å². The second kappa shape index (κ2) is 5.09. The Morgan fingerprint density at radius 1 is 1.47 bits per heavy atom. The van der Waals surface area contributed by atoms with Gasteiger partial charge in [-0.1, -0.05) is 0 Å². The molecule has 2 heterocycles. The number of fused-ring (bicyclic) bond motifs is 1. The number of aromatic amines is 1. The van der Waals surface area contributed by atoms with E-state index in [-0.39, 0.29) is 10.3 Å². The molecule has 2 rings (SSSR count). The molecule has 104 valence electrons. The van der Waals surface area contributed by atoms with E-state index in [9.17, 15) is 9.59 Å². The van der Waals surface area contributed by atoms with Gasteiger partial charge in [0.25, 0.3) is 5.56 Å². The molecule has 1 atom stereocenters. The van der Waals surface area contributed by atoms with Crippen molar-refractivity contribution >= 4 is 36.3 Å². The highest BCUT2D eigenvalue weighted by Gasteiger charge is 2.18. The third-order valence-corrected chi connectivity index (χ3v) is 4.32. The Balaban J connectivity index is 2.44. The Bertz CT molecular complexity index is 714. The van der Waals surface area contributed by atoms with Gasteiger partial charge in [-0.3, -0.25) is 19.0 Å². The summed E-state index contributed by atoms with van der Waals surface area (Å²) in [5.74, 6) is 0.567. The summed E-state index contributed by atoms with van der Waals surface area (Å²) in [4.78, 5) is 26.7. The first-order valence-corrected chi connectivity index (χ1v) is 6.92. The summed E-state index contributed by atoms with van der Waals surface area (Å²) in [6.07, 6.45) is 2.18. The van der Waals surface area contributed by atoms with E-state index in [2.05, 4.69) is 35.3 Å². The predicted octanol–water partition coefficient (Wildman–Crippen LogP) is 0.432. The summed E-state index contributed by atoms with van der Waals surface area (Å²) < 4.78 is 2.36. The van der Waals surface area contributed by atoms with Crippen molar-refractivity contribution in [1.82, 2.24) is 19.3 Å². The van der Waals surface area contributed by atoms with E-state index in [1.165, 1.54) is 9.25 Å². The molecule has 0 fully saturated rings. The molecule has 19 heavy (non-hydrogen) atoms. The molecular formula is C11H16N4O2S2. The first kappa shape index (κ1) is 14.3. The van der Waals surface area contributed by atoms with Crippen LogP contribution in [0.15, 0.2) is 15.8 Å². The first-order valence-electron chi connectivity index (χ1n) is 5.84. The Morgan fingerprint density at radius 3 is 2.79 bits per heavy atom. The van der Waals surface area contributed by atoms with Gasteiger partial charge in [-0.15, -0.1) is 0 Å². The van der Waals surface area contributed by atoms with Crippen LogP contribution in [0, 0.1) is 0 Å². The van der Waals surface area contributed by atoms with E-state index in [1.54, 1.807) is 13.2 Å². The van der Waals surface area contributed by atoms with Crippen molar-refractivity contribution in [1.29, 1.82) is 0 Å². The molecule has 0 radical (unpaired) electrons. The topological polar surface area (TPSA) is 72.7 Å². The number of hydrogen-bond acceptors (Lipinski definition) is 5. The highest BCUT2D eigenvalue weighted by atomic mass is 32.1. The van der Waals surface area contributed by atoms with Crippen LogP contribution in [0.4, 0.5) is 0 Å². The van der Waals surface area contributed by atoms with Crippen molar-refractivity contribution < 1.29 is 0 Å². The molecule has 0 aliphatic heterocycles. The summed E-state index contributed by atoms with van der Waals surface area (Å²) in [5.41, 5.74) is -0.453. The minimum Gasteiger partial charge on any atom is -0.290 e. The van der Waals surface area contributed by atoms with Crippen LogP contribution in [0.2, 0.25) is 0 Å². The predicted molar refractivity (Wildman–Crippen MR) is 81.5 cm³/mol.